The summed E-state index contributed by atoms with van der Waals surface area (Å²) in [5.41, 5.74) is 1.92. The number of halogens is 3. The third-order valence-corrected chi connectivity index (χ3v) is 5.65. The van der Waals surface area contributed by atoms with Gasteiger partial charge in [-0.1, -0.05) is 11.2 Å². The highest BCUT2D eigenvalue weighted by Crippen LogP contribution is 2.41. The van der Waals surface area contributed by atoms with Gasteiger partial charge in [0.2, 0.25) is 11.8 Å². The fraction of sp³-hybridized carbons (Fsp3) is 0.0769. The number of carbonyl (C=O) groups is 4. The normalized spacial score (nSPS) is 11.1. The zero-order valence-electron chi connectivity index (χ0n) is 20.2. The van der Waals surface area contributed by atoms with Crippen molar-refractivity contribution >= 4 is 46.0 Å². The minimum absolute atomic E-state index is 0.0317. The summed E-state index contributed by atoms with van der Waals surface area (Å²) in [5.74, 6) is -4.11. The lowest BCUT2D eigenvalue weighted by atomic mass is 9.92. The number of hydrogen-bond donors (Lipinski definition) is 4. The second-order valence-corrected chi connectivity index (χ2v) is 8.36. The number of nitrogens with one attached hydrogen (secondary N) is 2. The molecule has 0 bridgehead atoms. The van der Waals surface area contributed by atoms with Crippen molar-refractivity contribution in [1.29, 1.82) is 5.26 Å². The van der Waals surface area contributed by atoms with Gasteiger partial charge in [0, 0.05) is 18.2 Å². The van der Waals surface area contributed by atoms with Crippen LogP contribution in [0.5, 0.6) is 0 Å². The SMILES string of the molecule is CC(=O)Nc1ccc(-c2cc3onc(C(=O)Nc4ccc(C#N)cc4C(=O)O)c3cc2C(N)=O)c(C(F)(F)F)c1. The molecule has 1 heterocycles. The van der Waals surface area contributed by atoms with Crippen molar-refractivity contribution in [3.05, 3.63) is 76.5 Å². The molecule has 4 rings (SSSR count). The van der Waals surface area contributed by atoms with Gasteiger partial charge in [0.25, 0.3) is 5.91 Å². The van der Waals surface area contributed by atoms with Crippen LogP contribution in [-0.2, 0) is 11.0 Å². The Morgan fingerprint density at radius 2 is 1.73 bits per heavy atom. The Balaban J connectivity index is 1.83. The molecule has 1 aromatic heterocycles. The maximum absolute atomic E-state index is 14.0. The van der Waals surface area contributed by atoms with Gasteiger partial charge < -0.3 is 26.0 Å². The molecule has 3 aromatic carbocycles. The standard InChI is InChI=1S/C26H16F3N5O6/c1-11(35)32-13-3-4-14(19(7-13)26(27,28)29)15-9-21-18(8-16(15)23(31)36)22(34-40-21)24(37)33-20-5-2-12(10-30)6-17(20)25(38)39/h2-9H,1H3,(H2,31,36)(H,32,35)(H,33,37)(H,38,39). The van der Waals surface area contributed by atoms with Gasteiger partial charge in [0.05, 0.1) is 33.8 Å². The van der Waals surface area contributed by atoms with Crippen molar-refractivity contribution in [2.24, 2.45) is 5.73 Å². The summed E-state index contributed by atoms with van der Waals surface area (Å²) in [6.45, 7) is 1.13. The van der Waals surface area contributed by atoms with Crippen LogP contribution in [0.2, 0.25) is 0 Å². The van der Waals surface area contributed by atoms with Gasteiger partial charge in [0.1, 0.15) is 0 Å². The van der Waals surface area contributed by atoms with E-state index in [1.165, 1.54) is 18.2 Å². The number of nitrogens with zero attached hydrogens (tertiary/aromatic N) is 2. The number of nitriles is 1. The molecule has 0 fully saturated rings. The van der Waals surface area contributed by atoms with Gasteiger partial charge >= 0.3 is 12.1 Å². The molecule has 0 aliphatic heterocycles. The van der Waals surface area contributed by atoms with Gasteiger partial charge in [-0.15, -0.1) is 0 Å². The summed E-state index contributed by atoms with van der Waals surface area (Å²) < 4.78 is 47.1. The van der Waals surface area contributed by atoms with Crippen molar-refractivity contribution in [3.8, 4) is 17.2 Å². The third-order valence-electron chi connectivity index (χ3n) is 5.65. The number of amides is 3. The maximum atomic E-state index is 14.0. The number of nitrogens with two attached hydrogens (primary N) is 1. The molecule has 0 atom stereocenters. The second-order valence-electron chi connectivity index (χ2n) is 8.36. The monoisotopic (exact) mass is 551 g/mol. The predicted molar refractivity (Wildman–Crippen MR) is 133 cm³/mol. The highest BCUT2D eigenvalue weighted by Gasteiger charge is 2.35. The Morgan fingerprint density at radius 3 is 2.33 bits per heavy atom. The first kappa shape index (κ1) is 27.3. The van der Waals surface area contributed by atoms with Crippen LogP contribution in [-0.4, -0.2) is 34.0 Å². The minimum Gasteiger partial charge on any atom is -0.478 e. The van der Waals surface area contributed by atoms with E-state index in [1.54, 1.807) is 6.07 Å². The van der Waals surface area contributed by atoms with E-state index < -0.39 is 52.3 Å². The van der Waals surface area contributed by atoms with Crippen molar-refractivity contribution in [3.63, 3.8) is 0 Å². The molecule has 14 heteroatoms. The number of rotatable bonds is 6. The molecule has 40 heavy (non-hydrogen) atoms. The van der Waals surface area contributed by atoms with Crippen molar-refractivity contribution in [2.45, 2.75) is 13.1 Å². The van der Waals surface area contributed by atoms with Crippen LogP contribution in [0.3, 0.4) is 0 Å². The van der Waals surface area contributed by atoms with E-state index in [0.717, 1.165) is 31.2 Å². The lowest BCUT2D eigenvalue weighted by molar-refractivity contribution is -0.137. The summed E-state index contributed by atoms with van der Waals surface area (Å²) in [4.78, 5) is 48.2. The number of primary amides is 1. The number of aromatic carboxylic acids is 1. The minimum atomic E-state index is -4.90. The summed E-state index contributed by atoms with van der Waals surface area (Å²) in [7, 11) is 0. The van der Waals surface area contributed by atoms with E-state index in [2.05, 4.69) is 15.8 Å². The van der Waals surface area contributed by atoms with Crippen LogP contribution in [0.4, 0.5) is 24.5 Å². The lowest BCUT2D eigenvalue weighted by Gasteiger charge is -2.16. The first-order valence-corrected chi connectivity index (χ1v) is 11.1. The fourth-order valence-electron chi connectivity index (χ4n) is 3.95. The molecule has 5 N–H and O–H groups in total. The van der Waals surface area contributed by atoms with E-state index in [-0.39, 0.29) is 39.0 Å². The number of carboxylic acids is 1. The van der Waals surface area contributed by atoms with E-state index in [9.17, 15) is 37.5 Å². The number of benzene rings is 3. The zero-order chi connectivity index (χ0) is 29.4. The average molecular weight is 551 g/mol. The van der Waals surface area contributed by atoms with Crippen LogP contribution in [0.25, 0.3) is 22.1 Å². The predicted octanol–water partition coefficient (Wildman–Crippen LogP) is 4.39. The molecule has 202 valence electrons. The first-order valence-electron chi connectivity index (χ1n) is 11.1. The number of aromatic nitrogens is 1. The summed E-state index contributed by atoms with van der Waals surface area (Å²) in [6, 6.07) is 10.3. The molecular formula is C26H16F3N5O6. The number of carboxylic acid groups (broad SMARTS) is 1. The van der Waals surface area contributed by atoms with Gasteiger partial charge in [-0.2, -0.15) is 18.4 Å². The molecule has 11 nitrogen and oxygen atoms in total. The van der Waals surface area contributed by atoms with Crippen LogP contribution >= 0.6 is 0 Å². The van der Waals surface area contributed by atoms with Gasteiger partial charge in [-0.3, -0.25) is 14.4 Å². The molecule has 4 aromatic rings. The second kappa shape index (κ2) is 10.2. The van der Waals surface area contributed by atoms with Crippen LogP contribution < -0.4 is 16.4 Å². The quantitative estimate of drug-likeness (QED) is 0.271. The van der Waals surface area contributed by atoms with Crippen LogP contribution in [0, 0.1) is 11.3 Å². The summed E-state index contributed by atoms with van der Waals surface area (Å²) in [6.07, 6.45) is -4.90. The van der Waals surface area contributed by atoms with E-state index >= 15 is 0 Å². The Kier molecular flexibility index (Phi) is 6.98. The molecule has 0 radical (unpaired) electrons. The largest absolute Gasteiger partial charge is 0.478 e. The lowest BCUT2D eigenvalue weighted by Crippen LogP contribution is -2.17. The molecule has 3 amide bonds. The van der Waals surface area contributed by atoms with Crippen molar-refractivity contribution < 1.29 is 42.0 Å². The topological polar surface area (TPSA) is 188 Å². The number of alkyl halides is 3. The van der Waals surface area contributed by atoms with E-state index in [0.29, 0.717) is 6.07 Å². The van der Waals surface area contributed by atoms with E-state index in [1.807, 2.05) is 0 Å². The number of hydrogen-bond acceptors (Lipinski definition) is 7. The van der Waals surface area contributed by atoms with E-state index in [4.69, 9.17) is 15.5 Å². The third kappa shape index (κ3) is 5.29. The number of carbonyl (C=O) groups excluding carboxylic acids is 3. The Bertz CT molecular complexity index is 1770. The average Bonchev–Trinajstić information content (AvgIpc) is 3.30. The Hall–Kier alpha value is -5.71. The van der Waals surface area contributed by atoms with Crippen LogP contribution in [0.15, 0.2) is 53.1 Å². The fourth-order valence-corrected chi connectivity index (χ4v) is 3.95. The molecular weight excluding hydrogens is 535 g/mol. The molecule has 0 aliphatic rings. The molecule has 0 saturated carbocycles. The molecule has 0 saturated heterocycles. The Morgan fingerprint density at radius 1 is 1.00 bits per heavy atom. The van der Waals surface area contributed by atoms with Gasteiger partial charge in [0.15, 0.2) is 11.3 Å². The Labute approximate surface area is 222 Å². The molecule has 0 aliphatic carbocycles. The molecule has 0 unspecified atom stereocenters. The van der Waals surface area contributed by atoms with Crippen LogP contribution in [0.1, 0.15) is 49.3 Å². The van der Waals surface area contributed by atoms with Crippen molar-refractivity contribution in [1.82, 2.24) is 5.16 Å². The first-order chi connectivity index (χ1) is 18.8. The summed E-state index contributed by atoms with van der Waals surface area (Å²) in [5, 5.41) is 26.6. The highest BCUT2D eigenvalue weighted by molar-refractivity contribution is 6.14. The number of fused-ring (bicyclic) bond motifs is 1. The summed E-state index contributed by atoms with van der Waals surface area (Å²) >= 11 is 0. The smallest absolute Gasteiger partial charge is 0.417 e. The van der Waals surface area contributed by atoms with Gasteiger partial charge in [-0.25, -0.2) is 4.79 Å². The van der Waals surface area contributed by atoms with Crippen molar-refractivity contribution in [2.75, 3.05) is 10.6 Å². The highest BCUT2D eigenvalue weighted by atomic mass is 19.4. The molecule has 0 spiro atoms. The maximum Gasteiger partial charge on any atom is 0.417 e. The zero-order valence-corrected chi connectivity index (χ0v) is 20.2. The number of anilines is 2. The van der Waals surface area contributed by atoms with Gasteiger partial charge in [-0.05, 0) is 53.6 Å².